The van der Waals surface area contributed by atoms with E-state index in [4.69, 9.17) is 5.73 Å². The van der Waals surface area contributed by atoms with Gasteiger partial charge in [-0.1, -0.05) is 0 Å². The van der Waals surface area contributed by atoms with Crippen molar-refractivity contribution in [3.05, 3.63) is 33.4 Å². The minimum absolute atomic E-state index is 0.0195. The molecular formula is C20H25FN4O3. The molecule has 2 aromatic rings. The van der Waals surface area contributed by atoms with Gasteiger partial charge in [0.15, 0.2) is 5.82 Å². The molecule has 0 radical (unpaired) electrons. The number of rotatable bonds is 4. The van der Waals surface area contributed by atoms with Gasteiger partial charge >= 0.3 is 5.97 Å². The maximum Gasteiger partial charge on any atom is 0.341 e. The zero-order valence-corrected chi connectivity index (χ0v) is 16.3. The minimum Gasteiger partial charge on any atom is -0.477 e. The first-order valence-corrected chi connectivity index (χ1v) is 9.53. The number of fused-ring (bicyclic) bond motifs is 1. The van der Waals surface area contributed by atoms with Gasteiger partial charge in [0.05, 0.1) is 22.3 Å². The maximum atomic E-state index is 15.4. The number of carboxylic acids is 1. The van der Waals surface area contributed by atoms with Crippen LogP contribution < -0.4 is 16.1 Å². The maximum absolute atomic E-state index is 15.4. The van der Waals surface area contributed by atoms with E-state index in [-0.39, 0.29) is 22.7 Å². The van der Waals surface area contributed by atoms with E-state index in [1.165, 1.54) is 6.20 Å². The SMILES string of the molecule is Cc1c(N2CCC(N(C)C)C2)c(F)c(N)c2c(=O)c(C(=O)O)cn(C3CC3)c12. The Morgan fingerprint density at radius 3 is 2.54 bits per heavy atom. The van der Waals surface area contributed by atoms with Gasteiger partial charge < -0.3 is 25.2 Å². The van der Waals surface area contributed by atoms with Crippen LogP contribution in [0.15, 0.2) is 11.0 Å². The third-order valence-corrected chi connectivity index (χ3v) is 6.04. The number of anilines is 2. The zero-order valence-electron chi connectivity index (χ0n) is 16.3. The standard InChI is InChI=1S/C20H25FN4O3/c1-10-17-14(19(26)13(20(27)28)9-25(17)11-4-5-11)16(22)15(21)18(10)24-7-6-12(8-24)23(2)3/h9,11-12H,4-8,22H2,1-3H3,(H,27,28). The number of pyridine rings is 1. The molecule has 2 aliphatic rings. The number of benzene rings is 1. The molecule has 7 nitrogen and oxygen atoms in total. The number of aromatic carboxylic acids is 1. The lowest BCUT2D eigenvalue weighted by atomic mass is 10.0. The van der Waals surface area contributed by atoms with Gasteiger partial charge in [0.2, 0.25) is 5.43 Å². The zero-order chi connectivity index (χ0) is 20.3. The second-order valence-corrected chi connectivity index (χ2v) is 8.09. The predicted octanol–water partition coefficient (Wildman–Crippen LogP) is 2.20. The Morgan fingerprint density at radius 1 is 1.32 bits per heavy atom. The summed E-state index contributed by atoms with van der Waals surface area (Å²) in [5.74, 6) is -1.96. The molecule has 8 heteroatoms. The van der Waals surface area contributed by atoms with Gasteiger partial charge in [-0.15, -0.1) is 0 Å². The average molecular weight is 388 g/mol. The van der Waals surface area contributed by atoms with Gasteiger partial charge in [-0.3, -0.25) is 4.79 Å². The highest BCUT2D eigenvalue weighted by Gasteiger charge is 2.33. The van der Waals surface area contributed by atoms with Crippen molar-refractivity contribution >= 4 is 28.2 Å². The second kappa shape index (κ2) is 6.48. The van der Waals surface area contributed by atoms with Crippen LogP contribution in [0.4, 0.5) is 15.8 Å². The molecule has 1 aliphatic carbocycles. The molecule has 2 heterocycles. The molecule has 2 fully saturated rings. The second-order valence-electron chi connectivity index (χ2n) is 8.09. The highest BCUT2D eigenvalue weighted by molar-refractivity contribution is 6.01. The average Bonchev–Trinajstić information content (AvgIpc) is 3.36. The Hall–Kier alpha value is -2.61. The fraction of sp³-hybridized carbons (Fsp3) is 0.500. The van der Waals surface area contributed by atoms with E-state index in [9.17, 15) is 14.7 Å². The number of nitrogen functional groups attached to an aromatic ring is 1. The Balaban J connectivity index is 2.00. The molecule has 1 aliphatic heterocycles. The summed E-state index contributed by atoms with van der Waals surface area (Å²) in [4.78, 5) is 28.5. The van der Waals surface area contributed by atoms with Crippen LogP contribution in [0.1, 0.15) is 41.2 Å². The summed E-state index contributed by atoms with van der Waals surface area (Å²) in [6.07, 6.45) is 4.10. The summed E-state index contributed by atoms with van der Waals surface area (Å²) in [5, 5.41) is 9.41. The Labute approximate surface area is 162 Å². The van der Waals surface area contributed by atoms with Crippen LogP contribution in [0.2, 0.25) is 0 Å². The Bertz CT molecular complexity index is 1040. The summed E-state index contributed by atoms with van der Waals surface area (Å²) in [6.45, 7) is 3.17. The van der Waals surface area contributed by atoms with Gasteiger partial charge in [-0.25, -0.2) is 9.18 Å². The Kier molecular flexibility index (Phi) is 4.33. The summed E-state index contributed by atoms with van der Waals surface area (Å²) >= 11 is 0. The molecule has 1 saturated carbocycles. The lowest BCUT2D eigenvalue weighted by Crippen LogP contribution is -2.32. The molecule has 0 bridgehead atoms. The van der Waals surface area contributed by atoms with E-state index in [1.54, 1.807) is 6.92 Å². The van der Waals surface area contributed by atoms with Gasteiger partial charge in [0.1, 0.15) is 5.56 Å². The van der Waals surface area contributed by atoms with E-state index in [0.717, 1.165) is 19.3 Å². The van der Waals surface area contributed by atoms with Crippen LogP contribution in [-0.2, 0) is 0 Å². The summed E-state index contributed by atoms with van der Waals surface area (Å²) in [5.41, 5.74) is 6.36. The van der Waals surface area contributed by atoms with Crippen molar-refractivity contribution in [3.8, 4) is 0 Å². The molecule has 3 N–H and O–H groups in total. The highest BCUT2D eigenvalue weighted by atomic mass is 19.1. The summed E-state index contributed by atoms with van der Waals surface area (Å²) in [7, 11) is 4.01. The monoisotopic (exact) mass is 388 g/mol. The van der Waals surface area contributed by atoms with Crippen LogP contribution in [0.3, 0.4) is 0 Å². The van der Waals surface area contributed by atoms with Gasteiger partial charge in [0, 0.05) is 31.4 Å². The lowest BCUT2D eigenvalue weighted by molar-refractivity contribution is 0.0695. The van der Waals surface area contributed by atoms with Crippen LogP contribution >= 0.6 is 0 Å². The Morgan fingerprint density at radius 2 is 2.00 bits per heavy atom. The van der Waals surface area contributed by atoms with Crippen LogP contribution in [0.25, 0.3) is 10.9 Å². The number of carboxylic acid groups (broad SMARTS) is 1. The lowest BCUT2D eigenvalue weighted by Gasteiger charge is -2.26. The van der Waals surface area contributed by atoms with E-state index < -0.39 is 17.2 Å². The molecule has 1 atom stereocenters. The molecule has 1 unspecified atom stereocenters. The topological polar surface area (TPSA) is 91.8 Å². The number of nitrogens with zero attached hydrogens (tertiary/aromatic N) is 3. The number of halogens is 1. The van der Waals surface area contributed by atoms with E-state index >= 15 is 4.39 Å². The molecule has 1 saturated heterocycles. The first-order chi connectivity index (χ1) is 13.2. The van der Waals surface area contributed by atoms with Crippen molar-refractivity contribution in [2.75, 3.05) is 37.8 Å². The smallest absolute Gasteiger partial charge is 0.341 e. The van der Waals surface area contributed by atoms with Crippen molar-refractivity contribution in [2.45, 2.75) is 38.3 Å². The molecule has 4 rings (SSSR count). The van der Waals surface area contributed by atoms with Crippen molar-refractivity contribution < 1.29 is 14.3 Å². The number of hydrogen-bond donors (Lipinski definition) is 2. The van der Waals surface area contributed by atoms with Crippen molar-refractivity contribution in [2.24, 2.45) is 0 Å². The van der Waals surface area contributed by atoms with E-state index in [1.807, 2.05) is 23.6 Å². The molecule has 150 valence electrons. The van der Waals surface area contributed by atoms with Gasteiger partial charge in [0.25, 0.3) is 0 Å². The summed E-state index contributed by atoms with van der Waals surface area (Å²) in [6, 6.07) is 0.432. The number of carbonyl (C=O) groups is 1. The molecule has 0 spiro atoms. The number of aromatic nitrogens is 1. The van der Waals surface area contributed by atoms with Crippen LogP contribution in [-0.4, -0.2) is 53.8 Å². The molecule has 28 heavy (non-hydrogen) atoms. The molecule has 0 amide bonds. The molecular weight excluding hydrogens is 363 g/mol. The quantitative estimate of drug-likeness (QED) is 0.781. The van der Waals surface area contributed by atoms with Crippen molar-refractivity contribution in [1.29, 1.82) is 0 Å². The van der Waals surface area contributed by atoms with Gasteiger partial charge in [-0.2, -0.15) is 0 Å². The first kappa shape index (κ1) is 18.7. The van der Waals surface area contributed by atoms with Crippen molar-refractivity contribution in [1.82, 2.24) is 9.47 Å². The first-order valence-electron chi connectivity index (χ1n) is 9.53. The third kappa shape index (κ3) is 2.74. The fourth-order valence-electron chi connectivity index (χ4n) is 4.31. The fourth-order valence-corrected chi connectivity index (χ4v) is 4.31. The minimum atomic E-state index is -1.32. The van der Waals surface area contributed by atoms with Crippen LogP contribution in [0, 0.1) is 12.7 Å². The summed E-state index contributed by atoms with van der Waals surface area (Å²) < 4.78 is 17.2. The normalized spacial score (nSPS) is 19.8. The number of nitrogens with two attached hydrogens (primary N) is 1. The molecule has 1 aromatic heterocycles. The third-order valence-electron chi connectivity index (χ3n) is 6.04. The van der Waals surface area contributed by atoms with Crippen molar-refractivity contribution in [3.63, 3.8) is 0 Å². The number of hydrogen-bond acceptors (Lipinski definition) is 5. The largest absolute Gasteiger partial charge is 0.477 e. The highest BCUT2D eigenvalue weighted by Crippen LogP contribution is 2.42. The number of aryl methyl sites for hydroxylation is 1. The van der Waals surface area contributed by atoms with E-state index in [0.29, 0.717) is 35.9 Å². The molecule has 1 aromatic carbocycles. The number of likely N-dealkylation sites (N-methyl/N-ethyl adjacent to an activating group) is 1. The van der Waals surface area contributed by atoms with Gasteiger partial charge in [-0.05, 0) is 45.8 Å². The van der Waals surface area contributed by atoms with E-state index in [2.05, 4.69) is 4.90 Å². The predicted molar refractivity (Wildman–Crippen MR) is 107 cm³/mol. The van der Waals surface area contributed by atoms with Crippen LogP contribution in [0.5, 0.6) is 0 Å².